The lowest BCUT2D eigenvalue weighted by Gasteiger charge is -2.22. The molecule has 2 atom stereocenters. The lowest BCUT2D eigenvalue weighted by atomic mass is 9.88. The number of carboxylic acid groups (broad SMARTS) is 1. The molecule has 0 saturated carbocycles. The number of carboxylic acids is 1. The zero-order chi connectivity index (χ0) is 17.8. The van der Waals surface area contributed by atoms with Gasteiger partial charge in [0.05, 0.1) is 11.7 Å². The predicted octanol–water partition coefficient (Wildman–Crippen LogP) is 2.85. The van der Waals surface area contributed by atoms with Gasteiger partial charge in [-0.2, -0.15) is 5.10 Å². The Hall–Kier alpha value is -1.85. The summed E-state index contributed by atoms with van der Waals surface area (Å²) in [7, 11) is 0. The van der Waals surface area contributed by atoms with E-state index in [4.69, 9.17) is 0 Å². The molecule has 1 aromatic heterocycles. The molecule has 0 aliphatic rings. The number of amides is 1. The van der Waals surface area contributed by atoms with Crippen LogP contribution in [-0.2, 0) is 9.59 Å². The minimum absolute atomic E-state index is 0.0371. The van der Waals surface area contributed by atoms with Crippen molar-refractivity contribution in [3.63, 3.8) is 0 Å². The lowest BCUT2D eigenvalue weighted by Crippen LogP contribution is -2.42. The molecule has 0 radical (unpaired) electrons. The van der Waals surface area contributed by atoms with Crippen LogP contribution in [0.15, 0.2) is 6.07 Å². The Morgan fingerprint density at radius 2 is 1.96 bits per heavy atom. The van der Waals surface area contributed by atoms with E-state index in [1.54, 1.807) is 4.68 Å². The first-order valence-corrected chi connectivity index (χ1v) is 8.04. The second-order valence-corrected chi connectivity index (χ2v) is 7.48. The standard InChI is InChI=1S/C17H29N3O3/c1-11-9-12(2)20(19-11)13(3)10-15(21)18-14(16(22)23)7-8-17(4,5)6/h9,13-14H,7-8,10H2,1-6H3,(H,18,21)(H,22,23). The smallest absolute Gasteiger partial charge is 0.326 e. The van der Waals surface area contributed by atoms with Gasteiger partial charge in [-0.05, 0) is 45.1 Å². The summed E-state index contributed by atoms with van der Waals surface area (Å²) in [4.78, 5) is 23.5. The zero-order valence-corrected chi connectivity index (χ0v) is 15.0. The molecule has 130 valence electrons. The molecule has 2 unspecified atom stereocenters. The van der Waals surface area contributed by atoms with Crippen molar-refractivity contribution in [2.75, 3.05) is 0 Å². The van der Waals surface area contributed by atoms with Gasteiger partial charge in [0.15, 0.2) is 0 Å². The number of nitrogens with zero attached hydrogens (tertiary/aromatic N) is 2. The molecule has 2 N–H and O–H groups in total. The van der Waals surface area contributed by atoms with Gasteiger partial charge in [-0.1, -0.05) is 20.8 Å². The maximum Gasteiger partial charge on any atom is 0.326 e. The quantitative estimate of drug-likeness (QED) is 0.808. The van der Waals surface area contributed by atoms with Crippen molar-refractivity contribution < 1.29 is 14.7 Å². The van der Waals surface area contributed by atoms with Crippen LogP contribution < -0.4 is 5.32 Å². The molecule has 0 fully saturated rings. The van der Waals surface area contributed by atoms with Crippen LogP contribution in [0.5, 0.6) is 0 Å². The maximum atomic E-state index is 12.2. The Bertz CT molecular complexity index is 558. The molecular formula is C17H29N3O3. The summed E-state index contributed by atoms with van der Waals surface area (Å²) >= 11 is 0. The van der Waals surface area contributed by atoms with Crippen LogP contribution in [0, 0.1) is 19.3 Å². The van der Waals surface area contributed by atoms with Gasteiger partial charge < -0.3 is 10.4 Å². The number of aryl methyl sites for hydroxylation is 2. The molecular weight excluding hydrogens is 294 g/mol. The normalized spacial score (nSPS) is 14.3. The first kappa shape index (κ1) is 19.2. The minimum atomic E-state index is -0.985. The number of carbonyl (C=O) groups is 2. The minimum Gasteiger partial charge on any atom is -0.480 e. The Kier molecular flexibility index (Phi) is 6.36. The topological polar surface area (TPSA) is 84.2 Å². The van der Waals surface area contributed by atoms with Crippen LogP contribution in [0.2, 0.25) is 0 Å². The molecule has 6 heteroatoms. The van der Waals surface area contributed by atoms with Gasteiger partial charge in [0.2, 0.25) is 5.91 Å². The SMILES string of the molecule is Cc1cc(C)n(C(C)CC(=O)NC(CCC(C)(C)C)C(=O)O)n1. The second kappa shape index (κ2) is 7.62. The monoisotopic (exact) mass is 323 g/mol. The van der Waals surface area contributed by atoms with Gasteiger partial charge >= 0.3 is 5.97 Å². The summed E-state index contributed by atoms with van der Waals surface area (Å²) in [5, 5.41) is 16.3. The highest BCUT2D eigenvalue weighted by Gasteiger charge is 2.24. The molecule has 1 amide bonds. The van der Waals surface area contributed by atoms with Gasteiger partial charge in [-0.15, -0.1) is 0 Å². The molecule has 0 aliphatic heterocycles. The van der Waals surface area contributed by atoms with E-state index < -0.39 is 12.0 Å². The van der Waals surface area contributed by atoms with Crippen molar-refractivity contribution in [2.24, 2.45) is 5.41 Å². The number of hydrogen-bond acceptors (Lipinski definition) is 3. The summed E-state index contributed by atoms with van der Waals surface area (Å²) in [6.45, 7) is 11.9. The molecule has 1 aromatic rings. The first-order valence-electron chi connectivity index (χ1n) is 8.04. The van der Waals surface area contributed by atoms with Crippen molar-refractivity contribution in [1.82, 2.24) is 15.1 Å². The van der Waals surface area contributed by atoms with Crippen LogP contribution in [0.1, 0.15) is 64.4 Å². The van der Waals surface area contributed by atoms with Crippen LogP contribution in [-0.4, -0.2) is 32.8 Å². The van der Waals surface area contributed by atoms with Crippen LogP contribution >= 0.6 is 0 Å². The summed E-state index contributed by atoms with van der Waals surface area (Å²) in [5.41, 5.74) is 1.93. The molecule has 0 spiro atoms. The summed E-state index contributed by atoms with van der Waals surface area (Å²) < 4.78 is 1.81. The summed E-state index contributed by atoms with van der Waals surface area (Å²) in [5.74, 6) is -1.24. The number of nitrogens with one attached hydrogen (secondary N) is 1. The molecule has 0 aliphatic carbocycles. The number of carbonyl (C=O) groups excluding carboxylic acids is 1. The molecule has 0 aromatic carbocycles. The first-order chi connectivity index (χ1) is 10.5. The van der Waals surface area contributed by atoms with Crippen molar-refractivity contribution in [2.45, 2.75) is 72.9 Å². The summed E-state index contributed by atoms with van der Waals surface area (Å²) in [6, 6.07) is 1.01. The van der Waals surface area contributed by atoms with Gasteiger partial charge in [-0.25, -0.2) is 4.79 Å². The summed E-state index contributed by atoms with van der Waals surface area (Å²) in [6.07, 6.45) is 1.37. The zero-order valence-electron chi connectivity index (χ0n) is 15.0. The van der Waals surface area contributed by atoms with Crippen LogP contribution in [0.3, 0.4) is 0 Å². The van der Waals surface area contributed by atoms with Gasteiger partial charge in [0.1, 0.15) is 6.04 Å². The number of hydrogen-bond donors (Lipinski definition) is 2. The fourth-order valence-corrected chi connectivity index (χ4v) is 2.54. The number of aromatic nitrogens is 2. The van der Waals surface area contributed by atoms with E-state index in [9.17, 15) is 14.7 Å². The van der Waals surface area contributed by atoms with E-state index in [0.29, 0.717) is 6.42 Å². The van der Waals surface area contributed by atoms with Gasteiger partial charge in [0, 0.05) is 12.1 Å². The van der Waals surface area contributed by atoms with E-state index in [1.165, 1.54) is 0 Å². The van der Waals surface area contributed by atoms with Crippen LogP contribution in [0.4, 0.5) is 0 Å². The van der Waals surface area contributed by atoms with E-state index in [-0.39, 0.29) is 23.8 Å². The molecule has 1 rings (SSSR count). The number of aliphatic carboxylic acids is 1. The Labute approximate surface area is 138 Å². The molecule has 0 bridgehead atoms. The third kappa shape index (κ3) is 6.42. The molecule has 23 heavy (non-hydrogen) atoms. The highest BCUT2D eigenvalue weighted by atomic mass is 16.4. The Morgan fingerprint density at radius 1 is 1.35 bits per heavy atom. The fraction of sp³-hybridized carbons (Fsp3) is 0.706. The Balaban J connectivity index is 2.62. The maximum absolute atomic E-state index is 12.2. The Morgan fingerprint density at radius 3 is 2.39 bits per heavy atom. The van der Waals surface area contributed by atoms with Gasteiger partial charge in [0.25, 0.3) is 0 Å². The van der Waals surface area contributed by atoms with Gasteiger partial charge in [-0.3, -0.25) is 9.48 Å². The van der Waals surface area contributed by atoms with E-state index >= 15 is 0 Å². The molecule has 6 nitrogen and oxygen atoms in total. The van der Waals surface area contributed by atoms with Crippen LogP contribution in [0.25, 0.3) is 0 Å². The second-order valence-electron chi connectivity index (χ2n) is 7.48. The highest BCUT2D eigenvalue weighted by molar-refractivity contribution is 5.83. The number of rotatable bonds is 7. The van der Waals surface area contributed by atoms with Crippen molar-refractivity contribution in [3.05, 3.63) is 17.5 Å². The highest BCUT2D eigenvalue weighted by Crippen LogP contribution is 2.22. The average molecular weight is 323 g/mol. The van der Waals surface area contributed by atoms with E-state index in [1.807, 2.05) is 26.8 Å². The van der Waals surface area contributed by atoms with Crippen molar-refractivity contribution in [3.8, 4) is 0 Å². The molecule has 1 heterocycles. The molecule has 0 saturated heterocycles. The lowest BCUT2D eigenvalue weighted by molar-refractivity contribution is -0.142. The average Bonchev–Trinajstić information content (AvgIpc) is 2.72. The van der Waals surface area contributed by atoms with Crippen molar-refractivity contribution in [1.29, 1.82) is 0 Å². The third-order valence-electron chi connectivity index (χ3n) is 3.76. The fourth-order valence-electron chi connectivity index (χ4n) is 2.54. The van der Waals surface area contributed by atoms with Crippen molar-refractivity contribution >= 4 is 11.9 Å². The van der Waals surface area contributed by atoms with E-state index in [2.05, 4.69) is 31.2 Å². The van der Waals surface area contributed by atoms with E-state index in [0.717, 1.165) is 17.8 Å². The predicted molar refractivity (Wildman–Crippen MR) is 89.3 cm³/mol. The largest absolute Gasteiger partial charge is 0.480 e. The third-order valence-corrected chi connectivity index (χ3v) is 3.76.